The summed E-state index contributed by atoms with van der Waals surface area (Å²) in [4.78, 5) is 23.6. The molecule has 0 spiro atoms. The number of ether oxygens (including phenoxy) is 1. The molecule has 7 nitrogen and oxygen atoms in total. The van der Waals surface area contributed by atoms with Crippen molar-refractivity contribution in [2.75, 3.05) is 7.11 Å². The van der Waals surface area contributed by atoms with Crippen LogP contribution in [0.3, 0.4) is 0 Å². The monoisotopic (exact) mass is 282 g/mol. The molecule has 0 unspecified atom stereocenters. The SMILES string of the molecule is COC(=O)c1nnn(CC(=O)NC(C)(C)C)c1C(C)C. The largest absolute Gasteiger partial charge is 0.464 e. The van der Waals surface area contributed by atoms with E-state index in [2.05, 4.69) is 20.4 Å². The van der Waals surface area contributed by atoms with E-state index < -0.39 is 5.97 Å². The van der Waals surface area contributed by atoms with Crippen LogP contribution >= 0.6 is 0 Å². The molecule has 7 heteroatoms. The third-order valence-electron chi connectivity index (χ3n) is 2.51. The Kier molecular flexibility index (Phi) is 4.86. The van der Waals surface area contributed by atoms with Gasteiger partial charge in [-0.2, -0.15) is 0 Å². The molecule has 0 saturated heterocycles. The summed E-state index contributed by atoms with van der Waals surface area (Å²) >= 11 is 0. The lowest BCUT2D eigenvalue weighted by molar-refractivity contribution is -0.123. The zero-order valence-electron chi connectivity index (χ0n) is 12.9. The van der Waals surface area contributed by atoms with Gasteiger partial charge in [-0.1, -0.05) is 19.1 Å². The van der Waals surface area contributed by atoms with Crippen LogP contribution < -0.4 is 5.32 Å². The van der Waals surface area contributed by atoms with Gasteiger partial charge in [-0.15, -0.1) is 5.10 Å². The zero-order chi connectivity index (χ0) is 15.5. The third kappa shape index (κ3) is 4.04. The minimum absolute atomic E-state index is 0.00142. The van der Waals surface area contributed by atoms with E-state index in [0.29, 0.717) is 5.69 Å². The van der Waals surface area contributed by atoms with Gasteiger partial charge < -0.3 is 10.1 Å². The second-order valence-electron chi connectivity index (χ2n) is 5.93. The summed E-state index contributed by atoms with van der Waals surface area (Å²) < 4.78 is 6.11. The van der Waals surface area contributed by atoms with E-state index in [1.807, 2.05) is 34.6 Å². The predicted octanol–water partition coefficient (Wildman–Crippen LogP) is 1.10. The molecule has 0 saturated carbocycles. The molecule has 0 bridgehead atoms. The Morgan fingerprint density at radius 3 is 2.40 bits per heavy atom. The summed E-state index contributed by atoms with van der Waals surface area (Å²) in [6.07, 6.45) is 0. The molecule has 1 amide bonds. The van der Waals surface area contributed by atoms with Crippen molar-refractivity contribution in [1.82, 2.24) is 20.3 Å². The first-order valence-corrected chi connectivity index (χ1v) is 6.48. The summed E-state index contributed by atoms with van der Waals surface area (Å²) in [7, 11) is 1.29. The first kappa shape index (κ1) is 16.1. The topological polar surface area (TPSA) is 86.1 Å². The summed E-state index contributed by atoms with van der Waals surface area (Å²) in [6.45, 7) is 9.53. The van der Waals surface area contributed by atoms with Crippen molar-refractivity contribution in [3.05, 3.63) is 11.4 Å². The van der Waals surface area contributed by atoms with Crippen LogP contribution in [0.4, 0.5) is 0 Å². The number of nitrogens with zero attached hydrogens (tertiary/aromatic N) is 3. The molecule has 1 aromatic rings. The molecule has 0 aliphatic rings. The maximum Gasteiger partial charge on any atom is 0.360 e. The molecule has 1 rings (SSSR count). The second-order valence-corrected chi connectivity index (χ2v) is 5.93. The van der Waals surface area contributed by atoms with Crippen molar-refractivity contribution in [3.63, 3.8) is 0 Å². The Hall–Kier alpha value is -1.92. The number of methoxy groups -OCH3 is 1. The Morgan fingerprint density at radius 1 is 1.35 bits per heavy atom. The lowest BCUT2D eigenvalue weighted by Gasteiger charge is -2.20. The van der Waals surface area contributed by atoms with E-state index in [0.717, 1.165) is 0 Å². The number of amides is 1. The highest BCUT2D eigenvalue weighted by Gasteiger charge is 2.24. The maximum absolute atomic E-state index is 11.9. The third-order valence-corrected chi connectivity index (χ3v) is 2.51. The van der Waals surface area contributed by atoms with Crippen LogP contribution in [0.15, 0.2) is 0 Å². The molecule has 0 fully saturated rings. The molecule has 0 aliphatic carbocycles. The highest BCUT2D eigenvalue weighted by Crippen LogP contribution is 2.18. The molecule has 1 N–H and O–H groups in total. The van der Waals surface area contributed by atoms with Crippen molar-refractivity contribution in [1.29, 1.82) is 0 Å². The van der Waals surface area contributed by atoms with Crippen LogP contribution in [0.5, 0.6) is 0 Å². The fourth-order valence-electron chi connectivity index (χ4n) is 1.84. The molecular weight excluding hydrogens is 260 g/mol. The van der Waals surface area contributed by atoms with Crippen LogP contribution in [0.1, 0.15) is 56.7 Å². The van der Waals surface area contributed by atoms with Crippen LogP contribution in [-0.4, -0.2) is 39.5 Å². The van der Waals surface area contributed by atoms with Gasteiger partial charge in [0.05, 0.1) is 12.8 Å². The summed E-state index contributed by atoms with van der Waals surface area (Å²) in [5.74, 6) is -0.724. The smallest absolute Gasteiger partial charge is 0.360 e. The Balaban J connectivity index is 2.99. The molecule has 1 aromatic heterocycles. The van der Waals surface area contributed by atoms with Crippen LogP contribution in [0.25, 0.3) is 0 Å². The lowest BCUT2D eigenvalue weighted by Crippen LogP contribution is -2.42. The molecule has 0 radical (unpaired) electrons. The summed E-state index contributed by atoms with van der Waals surface area (Å²) in [6, 6.07) is 0. The fourth-order valence-corrected chi connectivity index (χ4v) is 1.84. The van der Waals surface area contributed by atoms with E-state index in [9.17, 15) is 9.59 Å². The van der Waals surface area contributed by atoms with Gasteiger partial charge in [0.25, 0.3) is 0 Å². The van der Waals surface area contributed by atoms with Crippen molar-refractivity contribution in [3.8, 4) is 0 Å². The van der Waals surface area contributed by atoms with E-state index in [1.165, 1.54) is 11.8 Å². The van der Waals surface area contributed by atoms with E-state index in [1.54, 1.807) is 0 Å². The standard InChI is InChI=1S/C13H22N4O3/c1-8(2)11-10(12(19)20-6)15-16-17(11)7-9(18)14-13(3,4)5/h8H,7H2,1-6H3,(H,14,18). The van der Waals surface area contributed by atoms with Gasteiger partial charge in [-0.25, -0.2) is 9.48 Å². The van der Waals surface area contributed by atoms with Gasteiger partial charge in [-0.05, 0) is 26.7 Å². The number of rotatable bonds is 4. The number of esters is 1. The number of carbonyl (C=O) groups is 2. The summed E-state index contributed by atoms with van der Waals surface area (Å²) in [5.41, 5.74) is 0.438. The number of hydrogen-bond donors (Lipinski definition) is 1. The Morgan fingerprint density at radius 2 is 1.95 bits per heavy atom. The predicted molar refractivity (Wildman–Crippen MR) is 73.3 cm³/mol. The first-order chi connectivity index (χ1) is 9.15. The van der Waals surface area contributed by atoms with E-state index >= 15 is 0 Å². The van der Waals surface area contributed by atoms with E-state index in [-0.39, 0.29) is 29.6 Å². The molecule has 112 valence electrons. The minimum atomic E-state index is -0.545. The van der Waals surface area contributed by atoms with Crippen molar-refractivity contribution < 1.29 is 14.3 Å². The maximum atomic E-state index is 11.9. The van der Waals surface area contributed by atoms with Crippen molar-refractivity contribution in [2.45, 2.75) is 52.6 Å². The van der Waals surface area contributed by atoms with Gasteiger partial charge in [-0.3, -0.25) is 4.79 Å². The quantitative estimate of drug-likeness (QED) is 0.836. The van der Waals surface area contributed by atoms with E-state index in [4.69, 9.17) is 0 Å². The van der Waals surface area contributed by atoms with Gasteiger partial charge in [0.1, 0.15) is 6.54 Å². The Labute approximate surface area is 118 Å². The molecule has 0 aliphatic heterocycles. The minimum Gasteiger partial charge on any atom is -0.464 e. The van der Waals surface area contributed by atoms with Gasteiger partial charge in [0.15, 0.2) is 5.69 Å². The Bertz CT molecular complexity index is 500. The highest BCUT2D eigenvalue weighted by atomic mass is 16.5. The highest BCUT2D eigenvalue weighted by molar-refractivity contribution is 5.88. The van der Waals surface area contributed by atoms with Crippen LogP contribution in [0, 0.1) is 0 Å². The van der Waals surface area contributed by atoms with Crippen LogP contribution in [0.2, 0.25) is 0 Å². The number of nitrogens with one attached hydrogen (secondary N) is 1. The average molecular weight is 282 g/mol. The lowest BCUT2D eigenvalue weighted by atomic mass is 10.1. The zero-order valence-corrected chi connectivity index (χ0v) is 12.9. The summed E-state index contributed by atoms with van der Waals surface area (Å²) in [5, 5.41) is 10.5. The molecule has 1 heterocycles. The first-order valence-electron chi connectivity index (χ1n) is 6.48. The van der Waals surface area contributed by atoms with Crippen LogP contribution in [-0.2, 0) is 16.1 Å². The molecule has 0 atom stereocenters. The number of carbonyl (C=O) groups excluding carboxylic acids is 2. The molecular formula is C13H22N4O3. The van der Waals surface area contributed by atoms with Gasteiger partial charge >= 0.3 is 5.97 Å². The fraction of sp³-hybridized carbons (Fsp3) is 0.692. The van der Waals surface area contributed by atoms with Crippen molar-refractivity contribution >= 4 is 11.9 Å². The van der Waals surface area contributed by atoms with Gasteiger partial charge in [0, 0.05) is 5.54 Å². The average Bonchev–Trinajstić information content (AvgIpc) is 2.68. The molecule has 0 aromatic carbocycles. The van der Waals surface area contributed by atoms with Gasteiger partial charge in [0.2, 0.25) is 5.91 Å². The second kappa shape index (κ2) is 6.02. The number of aromatic nitrogens is 3. The molecule has 20 heavy (non-hydrogen) atoms. The normalized spacial score (nSPS) is 11.6. The van der Waals surface area contributed by atoms with Crippen molar-refractivity contribution in [2.24, 2.45) is 0 Å². The number of hydrogen-bond acceptors (Lipinski definition) is 5.